The number of carbonyl (C=O) groups is 3. The van der Waals surface area contributed by atoms with Crippen LogP contribution in [-0.4, -0.2) is 22.6 Å². The van der Waals surface area contributed by atoms with Crippen LogP contribution in [0.15, 0.2) is 54.6 Å². The lowest BCUT2D eigenvalue weighted by Crippen LogP contribution is -2.29. The summed E-state index contributed by atoms with van der Waals surface area (Å²) in [7, 11) is 0. The van der Waals surface area contributed by atoms with Gasteiger partial charge in [-0.2, -0.15) is 0 Å². The smallest absolute Gasteiger partial charge is 0.265 e. The molecule has 0 fully saturated rings. The molecule has 1 aliphatic heterocycles. The van der Waals surface area contributed by atoms with Gasteiger partial charge in [-0.3, -0.25) is 19.3 Å². The number of carbonyl (C=O) groups excluding carboxylic acids is 3. The maximum atomic E-state index is 13.0. The second-order valence-corrected chi connectivity index (χ2v) is 8.71. The molecule has 1 aromatic heterocycles. The van der Waals surface area contributed by atoms with Gasteiger partial charge in [0.1, 0.15) is 0 Å². The molecule has 3 aromatic rings. The Kier molecular flexibility index (Phi) is 5.54. The number of nitrogens with zero attached hydrogens (tertiary/aromatic N) is 1. The highest BCUT2D eigenvalue weighted by molar-refractivity contribution is 9.08. The summed E-state index contributed by atoms with van der Waals surface area (Å²) < 4.78 is 0.497. The van der Waals surface area contributed by atoms with Crippen LogP contribution < -0.4 is 5.32 Å². The molecule has 0 aliphatic carbocycles. The third-order valence-corrected chi connectivity index (χ3v) is 6.41. The van der Waals surface area contributed by atoms with Crippen molar-refractivity contribution >= 4 is 62.3 Å². The van der Waals surface area contributed by atoms with Crippen molar-refractivity contribution in [3.8, 4) is 0 Å². The maximum absolute atomic E-state index is 13.0. The predicted octanol–water partition coefficient (Wildman–Crippen LogP) is 5.34. The molecule has 2 aromatic carbocycles. The van der Waals surface area contributed by atoms with E-state index in [1.165, 1.54) is 4.90 Å². The zero-order chi connectivity index (χ0) is 20.5. The highest BCUT2D eigenvalue weighted by atomic mass is 79.9. The molecule has 0 radical (unpaired) electrons. The number of hydrogen-bond donors (Lipinski definition) is 1. The number of alkyl halides is 1. The number of imide groups is 1. The average Bonchev–Trinajstić information content (AvgIpc) is 3.26. The van der Waals surface area contributed by atoms with E-state index in [4.69, 9.17) is 11.6 Å². The number of hydrogen-bond acceptors (Lipinski definition) is 4. The molecule has 0 bridgehead atoms. The highest BCUT2D eigenvalue weighted by Crippen LogP contribution is 2.31. The number of benzene rings is 2. The van der Waals surface area contributed by atoms with Crippen molar-refractivity contribution in [3.63, 3.8) is 0 Å². The third kappa shape index (κ3) is 3.85. The first-order valence-electron chi connectivity index (χ1n) is 8.67. The van der Waals surface area contributed by atoms with Gasteiger partial charge in [0, 0.05) is 5.33 Å². The molecule has 146 valence electrons. The van der Waals surface area contributed by atoms with E-state index in [1.807, 2.05) is 24.3 Å². The molecular weight excluding hydrogens is 476 g/mol. The molecule has 0 atom stereocenters. The largest absolute Gasteiger partial charge is 0.321 e. The van der Waals surface area contributed by atoms with Crippen molar-refractivity contribution in [2.45, 2.75) is 11.9 Å². The Morgan fingerprint density at radius 3 is 2.52 bits per heavy atom. The Hall–Kier alpha value is -2.48. The Morgan fingerprint density at radius 1 is 1.03 bits per heavy atom. The van der Waals surface area contributed by atoms with Gasteiger partial charge in [0.25, 0.3) is 17.7 Å². The van der Waals surface area contributed by atoms with Gasteiger partial charge in [-0.15, -0.1) is 11.3 Å². The van der Waals surface area contributed by atoms with E-state index < -0.39 is 5.91 Å². The van der Waals surface area contributed by atoms with Crippen LogP contribution in [0.25, 0.3) is 0 Å². The lowest BCUT2D eigenvalue weighted by Gasteiger charge is -2.14. The Balaban J connectivity index is 1.62. The van der Waals surface area contributed by atoms with Crippen molar-refractivity contribution in [2.75, 3.05) is 5.32 Å². The van der Waals surface area contributed by atoms with Crippen molar-refractivity contribution in [1.82, 2.24) is 4.90 Å². The summed E-state index contributed by atoms with van der Waals surface area (Å²) in [5.74, 6) is -1.17. The van der Waals surface area contributed by atoms with E-state index in [1.54, 1.807) is 30.3 Å². The standard InChI is InChI=1S/C21H14BrClN2O3S/c22-10-12-3-1-4-13(9-12)11-25-20(27)14-5-2-6-15(18(14)21(25)28)24-19(26)16-7-8-17(23)29-16/h1-9H,10-11H2,(H,24,26). The summed E-state index contributed by atoms with van der Waals surface area (Å²) >= 11 is 10.4. The molecule has 0 unspecified atom stereocenters. The minimum Gasteiger partial charge on any atom is -0.321 e. The van der Waals surface area contributed by atoms with Crippen LogP contribution >= 0.6 is 38.9 Å². The van der Waals surface area contributed by atoms with Crippen LogP contribution in [-0.2, 0) is 11.9 Å². The maximum Gasteiger partial charge on any atom is 0.265 e. The SMILES string of the molecule is O=C(Nc1cccc2c1C(=O)N(Cc1cccc(CBr)c1)C2=O)c1ccc(Cl)s1. The molecule has 8 heteroatoms. The second kappa shape index (κ2) is 8.10. The highest BCUT2D eigenvalue weighted by Gasteiger charge is 2.37. The van der Waals surface area contributed by atoms with Crippen LogP contribution in [0.5, 0.6) is 0 Å². The molecular formula is C21H14BrClN2O3S. The topological polar surface area (TPSA) is 66.5 Å². The van der Waals surface area contributed by atoms with Crippen molar-refractivity contribution in [3.05, 3.63) is 86.1 Å². The summed E-state index contributed by atoms with van der Waals surface area (Å²) in [6, 6.07) is 15.8. The number of anilines is 1. The van der Waals surface area contributed by atoms with Crippen molar-refractivity contribution in [1.29, 1.82) is 0 Å². The fourth-order valence-corrected chi connectivity index (χ4v) is 4.48. The molecule has 4 rings (SSSR count). The van der Waals surface area contributed by atoms with Gasteiger partial charge < -0.3 is 5.32 Å². The van der Waals surface area contributed by atoms with Gasteiger partial charge in [0.05, 0.1) is 32.6 Å². The van der Waals surface area contributed by atoms with Crippen LogP contribution in [0.2, 0.25) is 4.34 Å². The first-order valence-corrected chi connectivity index (χ1v) is 11.0. The first kappa shape index (κ1) is 19.8. The van der Waals surface area contributed by atoms with Crippen LogP contribution in [0.4, 0.5) is 5.69 Å². The summed E-state index contributed by atoms with van der Waals surface area (Å²) in [4.78, 5) is 40.0. The van der Waals surface area contributed by atoms with E-state index >= 15 is 0 Å². The summed E-state index contributed by atoms with van der Waals surface area (Å²) in [5, 5.41) is 3.42. The number of halogens is 2. The fraction of sp³-hybridized carbons (Fsp3) is 0.0952. The molecule has 2 heterocycles. The monoisotopic (exact) mass is 488 g/mol. The molecule has 0 spiro atoms. The minimum absolute atomic E-state index is 0.168. The number of amides is 3. The van der Waals surface area contributed by atoms with Gasteiger partial charge in [0.15, 0.2) is 0 Å². The Bertz CT molecular complexity index is 1140. The van der Waals surface area contributed by atoms with E-state index in [-0.39, 0.29) is 29.5 Å². The van der Waals surface area contributed by atoms with E-state index in [0.29, 0.717) is 20.2 Å². The Morgan fingerprint density at radius 2 is 1.79 bits per heavy atom. The third-order valence-electron chi connectivity index (χ3n) is 4.53. The van der Waals surface area contributed by atoms with Gasteiger partial charge in [-0.1, -0.05) is 57.9 Å². The summed E-state index contributed by atoms with van der Waals surface area (Å²) in [6.07, 6.45) is 0. The van der Waals surface area contributed by atoms with Gasteiger partial charge in [-0.25, -0.2) is 0 Å². The number of rotatable bonds is 5. The predicted molar refractivity (Wildman–Crippen MR) is 117 cm³/mol. The van der Waals surface area contributed by atoms with E-state index in [0.717, 1.165) is 22.5 Å². The number of fused-ring (bicyclic) bond motifs is 1. The molecule has 3 amide bonds. The zero-order valence-corrected chi connectivity index (χ0v) is 18.1. The Labute approximate surface area is 184 Å². The van der Waals surface area contributed by atoms with Gasteiger partial charge in [-0.05, 0) is 35.4 Å². The molecule has 0 saturated heterocycles. The molecule has 5 nitrogen and oxygen atoms in total. The minimum atomic E-state index is -0.422. The number of thiophene rings is 1. The van der Waals surface area contributed by atoms with Gasteiger partial charge in [0.2, 0.25) is 0 Å². The number of nitrogens with one attached hydrogen (secondary N) is 1. The quantitative estimate of drug-likeness (QED) is 0.388. The van der Waals surface area contributed by atoms with Crippen LogP contribution in [0.3, 0.4) is 0 Å². The van der Waals surface area contributed by atoms with E-state index in [2.05, 4.69) is 21.2 Å². The van der Waals surface area contributed by atoms with Crippen molar-refractivity contribution in [2.24, 2.45) is 0 Å². The fourth-order valence-electron chi connectivity index (χ4n) is 3.20. The van der Waals surface area contributed by atoms with E-state index in [9.17, 15) is 14.4 Å². The average molecular weight is 490 g/mol. The lowest BCUT2D eigenvalue weighted by molar-refractivity contribution is 0.0642. The van der Waals surface area contributed by atoms with Crippen LogP contribution in [0, 0.1) is 0 Å². The molecule has 0 saturated carbocycles. The van der Waals surface area contributed by atoms with Crippen molar-refractivity contribution < 1.29 is 14.4 Å². The zero-order valence-electron chi connectivity index (χ0n) is 14.9. The van der Waals surface area contributed by atoms with Gasteiger partial charge >= 0.3 is 0 Å². The summed E-state index contributed by atoms with van der Waals surface area (Å²) in [5.41, 5.74) is 2.72. The molecule has 29 heavy (non-hydrogen) atoms. The molecule has 1 N–H and O–H groups in total. The second-order valence-electron chi connectivity index (χ2n) is 6.44. The lowest BCUT2D eigenvalue weighted by atomic mass is 10.1. The summed E-state index contributed by atoms with van der Waals surface area (Å²) in [6.45, 7) is 0.168. The normalized spacial score (nSPS) is 13.0. The first-order chi connectivity index (χ1) is 14.0. The molecule has 1 aliphatic rings. The van der Waals surface area contributed by atoms with Crippen LogP contribution in [0.1, 0.15) is 41.5 Å².